The van der Waals surface area contributed by atoms with E-state index in [1.807, 2.05) is 0 Å². The molecule has 0 bridgehead atoms. The van der Waals surface area contributed by atoms with Crippen molar-refractivity contribution < 1.29 is 13.6 Å². The Kier molecular flexibility index (Phi) is 5.33. The molecular weight excluding hydrogens is 254 g/mol. The van der Waals surface area contributed by atoms with Crippen molar-refractivity contribution in [3.8, 4) is 6.07 Å². The monoisotopic (exact) mass is 268 g/mol. The Morgan fingerprint density at radius 1 is 1.63 bits per heavy atom. The smallest absolute Gasteiger partial charge is 0.254 e. The molecule has 0 saturated heterocycles. The van der Waals surface area contributed by atoms with E-state index in [1.54, 1.807) is 12.1 Å². The predicted molar refractivity (Wildman–Crippen MR) is 64.1 cm³/mol. The van der Waals surface area contributed by atoms with Crippen molar-refractivity contribution in [1.29, 1.82) is 5.26 Å². The van der Waals surface area contributed by atoms with E-state index in [-0.39, 0.29) is 6.54 Å². The number of rotatable bonds is 6. The van der Waals surface area contributed by atoms with Crippen LogP contribution in [0.15, 0.2) is 24.5 Å². The van der Waals surface area contributed by atoms with Crippen molar-refractivity contribution in [2.75, 3.05) is 6.54 Å². The third-order valence-electron chi connectivity index (χ3n) is 2.38. The Hall–Kier alpha value is -2.07. The van der Waals surface area contributed by atoms with Crippen molar-refractivity contribution >= 4 is 5.91 Å². The van der Waals surface area contributed by atoms with Crippen LogP contribution in [0.3, 0.4) is 0 Å². The number of nitrogens with two attached hydrogens (primary N) is 1. The van der Waals surface area contributed by atoms with Crippen molar-refractivity contribution in [2.45, 2.75) is 24.8 Å². The van der Waals surface area contributed by atoms with E-state index >= 15 is 0 Å². The molecule has 0 saturated carbocycles. The largest absolute Gasteiger partial charge is 0.342 e. The van der Waals surface area contributed by atoms with Crippen molar-refractivity contribution in [2.24, 2.45) is 5.73 Å². The summed E-state index contributed by atoms with van der Waals surface area (Å²) < 4.78 is 27.4. The van der Waals surface area contributed by atoms with Crippen LogP contribution in [0.2, 0.25) is 0 Å². The van der Waals surface area contributed by atoms with Gasteiger partial charge in [-0.1, -0.05) is 6.07 Å². The number of carbonyl (C=O) groups is 1. The zero-order chi connectivity index (χ0) is 14.3. The Morgan fingerprint density at radius 3 is 2.95 bits per heavy atom. The van der Waals surface area contributed by atoms with Gasteiger partial charge in [-0.05, 0) is 11.6 Å². The minimum atomic E-state index is -3.10. The summed E-state index contributed by atoms with van der Waals surface area (Å²) >= 11 is 0. The molecule has 0 aliphatic rings. The molecule has 0 spiro atoms. The highest BCUT2D eigenvalue weighted by atomic mass is 19.3. The van der Waals surface area contributed by atoms with Gasteiger partial charge in [-0.2, -0.15) is 5.26 Å². The number of nitrogens with one attached hydrogen (secondary N) is 1. The van der Waals surface area contributed by atoms with Crippen LogP contribution < -0.4 is 11.1 Å². The lowest BCUT2D eigenvalue weighted by Gasteiger charge is -2.19. The van der Waals surface area contributed by atoms with E-state index in [0.29, 0.717) is 5.56 Å². The topological polar surface area (TPSA) is 91.8 Å². The fourth-order valence-corrected chi connectivity index (χ4v) is 1.55. The predicted octanol–water partition coefficient (Wildman–Crippen LogP) is 0.617. The lowest BCUT2D eigenvalue weighted by Crippen LogP contribution is -2.44. The molecule has 0 aromatic carbocycles. The first-order valence-corrected chi connectivity index (χ1v) is 5.61. The first-order chi connectivity index (χ1) is 8.94. The van der Waals surface area contributed by atoms with Gasteiger partial charge in [0, 0.05) is 25.2 Å². The molecule has 1 atom stereocenters. The second kappa shape index (κ2) is 6.75. The number of carbonyl (C=O) groups excluding carboxylic acids is 1. The Bertz CT molecular complexity index is 459. The summed E-state index contributed by atoms with van der Waals surface area (Å²) in [5.74, 6) is -3.86. The van der Waals surface area contributed by atoms with Gasteiger partial charge in [0.2, 0.25) is 5.91 Å². The minimum absolute atomic E-state index is 0.249. The molecule has 1 aromatic heterocycles. The Labute approximate surface area is 109 Å². The van der Waals surface area contributed by atoms with Crippen LogP contribution in [0.4, 0.5) is 8.78 Å². The number of alkyl halides is 2. The first-order valence-electron chi connectivity index (χ1n) is 5.61. The summed E-state index contributed by atoms with van der Waals surface area (Å²) in [6.45, 7) is -0.249. The van der Waals surface area contributed by atoms with Gasteiger partial charge >= 0.3 is 0 Å². The molecule has 3 N–H and O–H groups in total. The van der Waals surface area contributed by atoms with Gasteiger partial charge in [0.1, 0.15) is 6.54 Å². The highest BCUT2D eigenvalue weighted by molar-refractivity contribution is 5.81. The third kappa shape index (κ3) is 5.40. The highest BCUT2D eigenvalue weighted by Gasteiger charge is 2.34. The van der Waals surface area contributed by atoms with Crippen LogP contribution in [0.25, 0.3) is 0 Å². The average molecular weight is 268 g/mol. The number of hydrogen-bond acceptors (Lipinski definition) is 4. The Morgan fingerprint density at radius 2 is 2.37 bits per heavy atom. The second-order valence-electron chi connectivity index (χ2n) is 4.08. The molecule has 0 aliphatic carbocycles. The molecule has 0 radical (unpaired) electrons. The Balaban J connectivity index is 2.54. The standard InChI is InChI=1S/C12H14F2N4O/c13-12(14,6-9-2-1-4-17-8-9)7-10(16)11(19)18-5-3-15/h1-2,4,8,10H,5-7,16H2,(H,18,19)/t10-/m0/s1. The quantitative estimate of drug-likeness (QED) is 0.740. The summed E-state index contributed by atoms with van der Waals surface area (Å²) in [4.78, 5) is 15.0. The van der Waals surface area contributed by atoms with E-state index in [9.17, 15) is 13.6 Å². The fourth-order valence-electron chi connectivity index (χ4n) is 1.55. The number of halogens is 2. The average Bonchev–Trinajstić information content (AvgIpc) is 2.35. The summed E-state index contributed by atoms with van der Waals surface area (Å²) in [5, 5.41) is 10.4. The number of amides is 1. The summed E-state index contributed by atoms with van der Waals surface area (Å²) in [5.41, 5.74) is 5.75. The van der Waals surface area contributed by atoms with E-state index in [2.05, 4.69) is 10.3 Å². The van der Waals surface area contributed by atoms with E-state index < -0.39 is 30.7 Å². The first kappa shape index (κ1) is 15.0. The van der Waals surface area contributed by atoms with Crippen LogP contribution in [0.5, 0.6) is 0 Å². The van der Waals surface area contributed by atoms with Gasteiger partial charge in [0.05, 0.1) is 12.1 Å². The molecule has 0 fully saturated rings. The lowest BCUT2D eigenvalue weighted by atomic mass is 10.0. The van der Waals surface area contributed by atoms with Crippen LogP contribution in [-0.2, 0) is 11.2 Å². The molecule has 19 heavy (non-hydrogen) atoms. The van der Waals surface area contributed by atoms with E-state index in [4.69, 9.17) is 11.0 Å². The minimum Gasteiger partial charge on any atom is -0.342 e. The number of aromatic nitrogens is 1. The lowest BCUT2D eigenvalue weighted by molar-refractivity contribution is -0.124. The third-order valence-corrected chi connectivity index (χ3v) is 2.38. The van der Waals surface area contributed by atoms with Crippen LogP contribution in [-0.4, -0.2) is 29.4 Å². The van der Waals surface area contributed by atoms with Gasteiger partial charge in [-0.3, -0.25) is 9.78 Å². The highest BCUT2D eigenvalue weighted by Crippen LogP contribution is 2.24. The molecule has 0 unspecified atom stereocenters. The number of nitriles is 1. The van der Waals surface area contributed by atoms with Crippen LogP contribution >= 0.6 is 0 Å². The van der Waals surface area contributed by atoms with Crippen molar-refractivity contribution in [3.05, 3.63) is 30.1 Å². The fraction of sp³-hybridized carbons (Fsp3) is 0.417. The zero-order valence-electron chi connectivity index (χ0n) is 10.1. The molecule has 1 rings (SSSR count). The molecular formula is C12H14F2N4O. The van der Waals surface area contributed by atoms with E-state index in [0.717, 1.165) is 0 Å². The molecule has 1 aromatic rings. The maximum absolute atomic E-state index is 13.7. The molecule has 102 valence electrons. The maximum Gasteiger partial charge on any atom is 0.254 e. The molecule has 1 heterocycles. The normalized spacial score (nSPS) is 12.5. The van der Waals surface area contributed by atoms with Crippen LogP contribution in [0.1, 0.15) is 12.0 Å². The van der Waals surface area contributed by atoms with Gasteiger partial charge < -0.3 is 11.1 Å². The van der Waals surface area contributed by atoms with Crippen molar-refractivity contribution in [3.63, 3.8) is 0 Å². The van der Waals surface area contributed by atoms with Crippen LogP contribution in [0, 0.1) is 11.3 Å². The van der Waals surface area contributed by atoms with Gasteiger partial charge in [0.15, 0.2) is 0 Å². The SMILES string of the molecule is N#CCNC(=O)[C@@H](N)CC(F)(F)Cc1cccnc1. The maximum atomic E-state index is 13.7. The van der Waals surface area contributed by atoms with E-state index in [1.165, 1.54) is 18.5 Å². The van der Waals surface area contributed by atoms with Crippen molar-refractivity contribution in [1.82, 2.24) is 10.3 Å². The second-order valence-corrected chi connectivity index (χ2v) is 4.08. The van der Waals surface area contributed by atoms with Gasteiger partial charge in [-0.15, -0.1) is 0 Å². The summed E-state index contributed by atoms with van der Waals surface area (Å²) in [6, 6.07) is 3.42. The van der Waals surface area contributed by atoms with Gasteiger partial charge in [-0.25, -0.2) is 8.78 Å². The number of pyridine rings is 1. The zero-order valence-corrected chi connectivity index (χ0v) is 10.1. The molecule has 0 aliphatic heterocycles. The van der Waals surface area contributed by atoms with Gasteiger partial charge in [0.25, 0.3) is 5.92 Å². The number of nitrogens with zero attached hydrogens (tertiary/aromatic N) is 2. The molecule has 5 nitrogen and oxygen atoms in total. The number of hydrogen-bond donors (Lipinski definition) is 2. The summed E-state index contributed by atoms with van der Waals surface area (Å²) in [7, 11) is 0. The molecule has 7 heteroatoms. The summed E-state index contributed by atoms with van der Waals surface area (Å²) in [6.07, 6.45) is 1.52. The molecule has 1 amide bonds.